The molecule has 1 aliphatic rings. The second kappa shape index (κ2) is 4.33. The highest BCUT2D eigenvalue weighted by molar-refractivity contribution is 5.69. The Kier molecular flexibility index (Phi) is 3.48. The fourth-order valence-electron chi connectivity index (χ4n) is 1.65. The minimum absolute atomic E-state index is 0.123. The largest absolute Gasteiger partial charge is 0.511 e. The molecule has 0 aromatic carbocycles. The first-order valence-corrected chi connectivity index (χ1v) is 5.26. The SMILES string of the molecule is C=C(O)[C@@H]1C[C@@H](O)CN1C(=O)OC(C)(C)C. The van der Waals surface area contributed by atoms with E-state index < -0.39 is 23.8 Å². The van der Waals surface area contributed by atoms with E-state index in [4.69, 9.17) is 4.74 Å². The Balaban J connectivity index is 2.71. The number of β-amino-alcohol motifs (C(OH)–C–C–N with tert-alkyl or cyclic N) is 1. The number of hydrogen-bond donors (Lipinski definition) is 2. The van der Waals surface area contributed by atoms with Crippen LogP contribution >= 0.6 is 0 Å². The molecule has 16 heavy (non-hydrogen) atoms. The van der Waals surface area contributed by atoms with Gasteiger partial charge in [0.2, 0.25) is 0 Å². The molecule has 0 aromatic rings. The molecule has 2 N–H and O–H groups in total. The van der Waals surface area contributed by atoms with Crippen LogP contribution in [0.5, 0.6) is 0 Å². The minimum Gasteiger partial charge on any atom is -0.511 e. The second-order valence-corrected chi connectivity index (χ2v) is 5.03. The molecule has 0 spiro atoms. The summed E-state index contributed by atoms with van der Waals surface area (Å²) in [5.74, 6) is -0.123. The van der Waals surface area contributed by atoms with Gasteiger partial charge in [-0.1, -0.05) is 6.58 Å². The molecule has 5 nitrogen and oxygen atoms in total. The van der Waals surface area contributed by atoms with Crippen molar-refractivity contribution in [1.82, 2.24) is 4.90 Å². The van der Waals surface area contributed by atoms with Gasteiger partial charge in [-0.2, -0.15) is 0 Å². The summed E-state index contributed by atoms with van der Waals surface area (Å²) in [5, 5.41) is 18.8. The molecular weight excluding hydrogens is 210 g/mol. The van der Waals surface area contributed by atoms with Crippen molar-refractivity contribution in [2.24, 2.45) is 0 Å². The molecule has 0 saturated carbocycles. The summed E-state index contributed by atoms with van der Waals surface area (Å²) in [6.45, 7) is 8.85. The number of carbonyl (C=O) groups excluding carboxylic acids is 1. The highest BCUT2D eigenvalue weighted by Gasteiger charge is 2.38. The van der Waals surface area contributed by atoms with Gasteiger partial charge >= 0.3 is 6.09 Å². The van der Waals surface area contributed by atoms with E-state index in [-0.39, 0.29) is 12.3 Å². The molecule has 1 amide bonds. The standard InChI is InChI=1S/C11H19NO4/c1-7(13)9-5-8(14)6-12(9)10(15)16-11(2,3)4/h8-9,13-14H,1,5-6H2,2-4H3/t8-,9+/m1/s1. The van der Waals surface area contributed by atoms with Gasteiger partial charge in [0.1, 0.15) is 11.4 Å². The monoisotopic (exact) mass is 229 g/mol. The molecule has 2 atom stereocenters. The molecule has 1 rings (SSSR count). The van der Waals surface area contributed by atoms with E-state index in [0.717, 1.165) is 0 Å². The number of carbonyl (C=O) groups is 1. The quantitative estimate of drug-likeness (QED) is 0.667. The second-order valence-electron chi connectivity index (χ2n) is 5.03. The maximum Gasteiger partial charge on any atom is 0.411 e. The average Bonchev–Trinajstić information content (AvgIpc) is 2.44. The van der Waals surface area contributed by atoms with Crippen molar-refractivity contribution in [3.63, 3.8) is 0 Å². The third kappa shape index (κ3) is 3.13. The first-order chi connectivity index (χ1) is 7.20. The smallest absolute Gasteiger partial charge is 0.411 e. The van der Waals surface area contributed by atoms with Crippen LogP contribution in [0, 0.1) is 0 Å². The van der Waals surface area contributed by atoms with Crippen LogP contribution in [0.2, 0.25) is 0 Å². The van der Waals surface area contributed by atoms with Crippen LogP contribution in [0.25, 0.3) is 0 Å². The number of nitrogens with zero attached hydrogens (tertiary/aromatic N) is 1. The van der Waals surface area contributed by atoms with Gasteiger partial charge in [0, 0.05) is 6.42 Å². The van der Waals surface area contributed by atoms with Crippen molar-refractivity contribution >= 4 is 6.09 Å². The highest BCUT2D eigenvalue weighted by Crippen LogP contribution is 2.24. The van der Waals surface area contributed by atoms with Gasteiger partial charge in [0.25, 0.3) is 0 Å². The number of likely N-dealkylation sites (tertiary alicyclic amines) is 1. The van der Waals surface area contributed by atoms with Crippen LogP contribution in [0.4, 0.5) is 4.79 Å². The fourth-order valence-corrected chi connectivity index (χ4v) is 1.65. The summed E-state index contributed by atoms with van der Waals surface area (Å²) in [7, 11) is 0. The van der Waals surface area contributed by atoms with Crippen LogP contribution in [-0.4, -0.2) is 45.5 Å². The van der Waals surface area contributed by atoms with E-state index in [1.54, 1.807) is 20.8 Å². The molecule has 0 aliphatic carbocycles. The molecule has 0 unspecified atom stereocenters. The maximum absolute atomic E-state index is 11.8. The lowest BCUT2D eigenvalue weighted by atomic mass is 10.2. The zero-order chi connectivity index (χ0) is 12.5. The van der Waals surface area contributed by atoms with Crippen LogP contribution in [0.1, 0.15) is 27.2 Å². The number of ether oxygens (including phenoxy) is 1. The summed E-state index contributed by atoms with van der Waals surface area (Å²) in [6.07, 6.45) is -0.875. The maximum atomic E-state index is 11.8. The molecule has 1 saturated heterocycles. The van der Waals surface area contributed by atoms with Crippen molar-refractivity contribution in [3.8, 4) is 0 Å². The van der Waals surface area contributed by atoms with Crippen molar-refractivity contribution in [3.05, 3.63) is 12.3 Å². The van der Waals surface area contributed by atoms with Crippen LogP contribution in [0.3, 0.4) is 0 Å². The Hall–Kier alpha value is -1.23. The normalized spacial score (nSPS) is 25.6. The Labute approximate surface area is 95.3 Å². The summed E-state index contributed by atoms with van der Waals surface area (Å²) in [5.41, 5.74) is -0.591. The zero-order valence-corrected chi connectivity index (χ0v) is 9.93. The van der Waals surface area contributed by atoms with E-state index in [0.29, 0.717) is 6.42 Å². The van der Waals surface area contributed by atoms with Crippen molar-refractivity contribution < 1.29 is 19.7 Å². The summed E-state index contributed by atoms with van der Waals surface area (Å²) in [4.78, 5) is 13.1. The highest BCUT2D eigenvalue weighted by atomic mass is 16.6. The molecular formula is C11H19NO4. The molecule has 5 heteroatoms. The van der Waals surface area contributed by atoms with Crippen molar-refractivity contribution in [2.45, 2.75) is 44.9 Å². The zero-order valence-electron chi connectivity index (χ0n) is 9.93. The number of rotatable bonds is 1. The molecule has 1 fully saturated rings. The Morgan fingerprint density at radius 2 is 2.06 bits per heavy atom. The number of aliphatic hydroxyl groups is 2. The lowest BCUT2D eigenvalue weighted by molar-refractivity contribution is 0.0206. The number of aliphatic hydroxyl groups excluding tert-OH is 2. The van der Waals surface area contributed by atoms with Crippen molar-refractivity contribution in [1.29, 1.82) is 0 Å². The van der Waals surface area contributed by atoms with Gasteiger partial charge in [0.15, 0.2) is 0 Å². The first kappa shape index (κ1) is 12.8. The van der Waals surface area contributed by atoms with Gasteiger partial charge in [-0.3, -0.25) is 4.90 Å². The van der Waals surface area contributed by atoms with Gasteiger partial charge in [-0.15, -0.1) is 0 Å². The lowest BCUT2D eigenvalue weighted by Gasteiger charge is -2.27. The van der Waals surface area contributed by atoms with E-state index >= 15 is 0 Å². The van der Waals surface area contributed by atoms with Crippen LogP contribution in [-0.2, 0) is 4.74 Å². The predicted molar refractivity (Wildman–Crippen MR) is 59.1 cm³/mol. The third-order valence-corrected chi connectivity index (χ3v) is 2.29. The minimum atomic E-state index is -0.638. The summed E-state index contributed by atoms with van der Waals surface area (Å²) >= 11 is 0. The molecule has 0 bridgehead atoms. The Morgan fingerprint density at radius 1 is 1.50 bits per heavy atom. The summed E-state index contributed by atoms with van der Waals surface area (Å²) < 4.78 is 5.17. The fraction of sp³-hybridized carbons (Fsp3) is 0.727. The van der Waals surface area contributed by atoms with Gasteiger partial charge in [-0.05, 0) is 20.8 Å². The van der Waals surface area contributed by atoms with E-state index in [9.17, 15) is 15.0 Å². The van der Waals surface area contributed by atoms with Gasteiger partial charge in [-0.25, -0.2) is 4.79 Å². The predicted octanol–water partition coefficient (Wildman–Crippen LogP) is 1.43. The number of amides is 1. The topological polar surface area (TPSA) is 70.0 Å². The molecule has 0 radical (unpaired) electrons. The molecule has 1 heterocycles. The Bertz CT molecular complexity index is 295. The van der Waals surface area contributed by atoms with E-state index in [1.807, 2.05) is 0 Å². The molecule has 1 aliphatic heterocycles. The lowest BCUT2D eigenvalue weighted by Crippen LogP contribution is -2.40. The molecule has 0 aromatic heterocycles. The Morgan fingerprint density at radius 3 is 2.50 bits per heavy atom. The summed E-state index contributed by atoms with van der Waals surface area (Å²) in [6, 6.07) is -0.551. The third-order valence-electron chi connectivity index (χ3n) is 2.29. The average molecular weight is 229 g/mol. The van der Waals surface area contributed by atoms with Gasteiger partial charge in [0.05, 0.1) is 18.7 Å². The van der Waals surface area contributed by atoms with Crippen LogP contribution < -0.4 is 0 Å². The van der Waals surface area contributed by atoms with Crippen molar-refractivity contribution in [2.75, 3.05) is 6.54 Å². The van der Waals surface area contributed by atoms with Crippen LogP contribution in [0.15, 0.2) is 12.3 Å². The first-order valence-electron chi connectivity index (χ1n) is 5.26. The van der Waals surface area contributed by atoms with E-state index in [2.05, 4.69) is 6.58 Å². The van der Waals surface area contributed by atoms with Gasteiger partial charge < -0.3 is 14.9 Å². The van der Waals surface area contributed by atoms with E-state index in [1.165, 1.54) is 4.90 Å². The number of hydrogen-bond acceptors (Lipinski definition) is 4. The molecule has 92 valence electrons.